The van der Waals surface area contributed by atoms with E-state index in [0.29, 0.717) is 54.5 Å². The molecule has 0 saturated carbocycles. The van der Waals surface area contributed by atoms with Crippen molar-refractivity contribution in [2.75, 3.05) is 33.0 Å². The van der Waals surface area contributed by atoms with Crippen LogP contribution in [0, 0.1) is 13.8 Å². The summed E-state index contributed by atoms with van der Waals surface area (Å²) >= 11 is 6.63. The third kappa shape index (κ3) is 9.04. The van der Waals surface area contributed by atoms with Gasteiger partial charge in [-0.15, -0.1) is 0 Å². The zero-order chi connectivity index (χ0) is 35.9. The molecule has 0 N–H and O–H groups in total. The topological polar surface area (TPSA) is 82.6 Å². The largest absolute Gasteiger partial charge is 0.489 e. The first-order valence-electron chi connectivity index (χ1n) is 17.3. The second-order valence-electron chi connectivity index (χ2n) is 12.9. The molecule has 4 aromatic carbocycles. The molecule has 0 radical (unpaired) electrons. The lowest BCUT2D eigenvalue weighted by Gasteiger charge is -2.34. The predicted octanol–water partition coefficient (Wildman–Crippen LogP) is 8.39. The summed E-state index contributed by atoms with van der Waals surface area (Å²) in [5, 5.41) is 0.437. The van der Waals surface area contributed by atoms with Crippen molar-refractivity contribution in [2.45, 2.75) is 33.6 Å². The zero-order valence-electron chi connectivity index (χ0n) is 29.2. The van der Waals surface area contributed by atoms with E-state index in [1.807, 2.05) is 54.3 Å². The standard InChI is InChI=1S/C42H40ClN3O6/c1-29-3-5-32(6-4-29)27-49-36-13-15-40(44-24-36)52-42-30(2)21-34(22-37(42)43)11-16-41(47)46-19-17-45(18-20-46)25-31-7-9-33(10-8-31)26-48-35-12-14-38-39(23-35)51-28-50-38/h3-16,21-24H,17-20,25-28H2,1-2H3. The van der Waals surface area contributed by atoms with E-state index in [-0.39, 0.29) is 12.7 Å². The second-order valence-corrected chi connectivity index (χ2v) is 13.3. The van der Waals surface area contributed by atoms with Gasteiger partial charge in [0, 0.05) is 50.9 Å². The van der Waals surface area contributed by atoms with Gasteiger partial charge < -0.3 is 28.6 Å². The van der Waals surface area contributed by atoms with Crippen LogP contribution in [0.4, 0.5) is 0 Å². The van der Waals surface area contributed by atoms with E-state index in [4.69, 9.17) is 35.3 Å². The number of piperazine rings is 1. The number of halogens is 1. The van der Waals surface area contributed by atoms with Crippen LogP contribution in [-0.4, -0.2) is 53.7 Å². The third-order valence-electron chi connectivity index (χ3n) is 8.97. The Morgan fingerprint density at radius 2 is 1.46 bits per heavy atom. The summed E-state index contributed by atoms with van der Waals surface area (Å²) in [6.07, 6.45) is 5.05. The first-order chi connectivity index (χ1) is 25.3. The number of benzene rings is 4. The molecule has 5 aromatic rings. The molecule has 10 heteroatoms. The molecule has 52 heavy (non-hydrogen) atoms. The van der Waals surface area contributed by atoms with Gasteiger partial charge in [0.05, 0.1) is 11.2 Å². The molecule has 0 unspecified atom stereocenters. The molecule has 1 saturated heterocycles. The summed E-state index contributed by atoms with van der Waals surface area (Å²) in [5.41, 5.74) is 6.26. The highest BCUT2D eigenvalue weighted by Gasteiger charge is 2.20. The molecule has 2 aliphatic rings. The number of rotatable bonds is 12. The Morgan fingerprint density at radius 3 is 2.17 bits per heavy atom. The van der Waals surface area contributed by atoms with Crippen molar-refractivity contribution < 1.29 is 28.5 Å². The molecule has 9 nitrogen and oxygen atoms in total. The molecule has 0 bridgehead atoms. The second kappa shape index (κ2) is 16.2. The number of fused-ring (bicyclic) bond motifs is 1. The van der Waals surface area contributed by atoms with Crippen LogP contribution in [0.5, 0.6) is 34.6 Å². The van der Waals surface area contributed by atoms with Crippen molar-refractivity contribution in [3.8, 4) is 34.6 Å². The van der Waals surface area contributed by atoms with Crippen LogP contribution in [0.3, 0.4) is 0 Å². The van der Waals surface area contributed by atoms with Gasteiger partial charge in [-0.2, -0.15) is 0 Å². The smallest absolute Gasteiger partial charge is 0.246 e. The van der Waals surface area contributed by atoms with Gasteiger partial charge >= 0.3 is 0 Å². The number of carbonyl (C=O) groups is 1. The summed E-state index contributed by atoms with van der Waals surface area (Å²) in [5.74, 6) is 3.75. The monoisotopic (exact) mass is 717 g/mol. The summed E-state index contributed by atoms with van der Waals surface area (Å²) in [6.45, 7) is 8.92. The summed E-state index contributed by atoms with van der Waals surface area (Å²) < 4.78 is 28.6. The van der Waals surface area contributed by atoms with Crippen LogP contribution in [0.25, 0.3) is 6.08 Å². The number of hydrogen-bond acceptors (Lipinski definition) is 8. The number of pyridine rings is 1. The lowest BCUT2D eigenvalue weighted by Crippen LogP contribution is -2.47. The van der Waals surface area contributed by atoms with Crippen molar-refractivity contribution >= 4 is 23.6 Å². The van der Waals surface area contributed by atoms with Crippen molar-refractivity contribution in [3.05, 3.63) is 142 Å². The van der Waals surface area contributed by atoms with E-state index < -0.39 is 0 Å². The van der Waals surface area contributed by atoms with Crippen LogP contribution in [0.2, 0.25) is 5.02 Å². The lowest BCUT2D eigenvalue weighted by molar-refractivity contribution is -0.127. The molecule has 1 fully saturated rings. The molecule has 1 amide bonds. The summed E-state index contributed by atoms with van der Waals surface area (Å²) in [7, 11) is 0. The van der Waals surface area contributed by atoms with E-state index >= 15 is 0 Å². The highest BCUT2D eigenvalue weighted by molar-refractivity contribution is 6.32. The quantitative estimate of drug-likeness (QED) is 0.119. The maximum Gasteiger partial charge on any atom is 0.246 e. The van der Waals surface area contributed by atoms with E-state index in [2.05, 4.69) is 53.2 Å². The minimum absolute atomic E-state index is 0.0190. The Bertz CT molecular complexity index is 2000. The van der Waals surface area contributed by atoms with Gasteiger partial charge in [0.1, 0.15) is 24.7 Å². The summed E-state index contributed by atoms with van der Waals surface area (Å²) in [4.78, 5) is 21.7. The minimum atomic E-state index is -0.0190. The number of aromatic nitrogens is 1. The molecule has 3 heterocycles. The fourth-order valence-corrected chi connectivity index (χ4v) is 6.30. The fraction of sp³-hybridized carbons (Fsp3) is 0.238. The highest BCUT2D eigenvalue weighted by atomic mass is 35.5. The molecule has 1 aromatic heterocycles. The van der Waals surface area contributed by atoms with Crippen LogP contribution in [-0.2, 0) is 24.6 Å². The van der Waals surface area contributed by atoms with Gasteiger partial charge in [-0.25, -0.2) is 4.98 Å². The van der Waals surface area contributed by atoms with E-state index in [1.165, 1.54) is 11.1 Å². The number of amides is 1. The predicted molar refractivity (Wildman–Crippen MR) is 200 cm³/mol. The lowest BCUT2D eigenvalue weighted by atomic mass is 10.1. The molecule has 0 atom stereocenters. The first-order valence-corrected chi connectivity index (χ1v) is 17.6. The number of hydrogen-bond donors (Lipinski definition) is 0. The van der Waals surface area contributed by atoms with Crippen LogP contribution in [0.1, 0.15) is 33.4 Å². The Hall–Kier alpha value is -5.51. The molecule has 0 aliphatic carbocycles. The Balaban J connectivity index is 0.849. The molecule has 7 rings (SSSR count). The van der Waals surface area contributed by atoms with Crippen LogP contribution >= 0.6 is 11.6 Å². The van der Waals surface area contributed by atoms with Gasteiger partial charge in [-0.3, -0.25) is 9.69 Å². The zero-order valence-corrected chi connectivity index (χ0v) is 30.0. The van der Waals surface area contributed by atoms with Gasteiger partial charge in [0.15, 0.2) is 17.2 Å². The van der Waals surface area contributed by atoms with E-state index in [9.17, 15) is 4.79 Å². The van der Waals surface area contributed by atoms with Gasteiger partial charge in [-0.05, 0) is 78.1 Å². The van der Waals surface area contributed by atoms with Crippen molar-refractivity contribution in [2.24, 2.45) is 0 Å². The third-order valence-corrected chi connectivity index (χ3v) is 9.26. The van der Waals surface area contributed by atoms with Gasteiger partial charge in [-0.1, -0.05) is 65.7 Å². The number of ether oxygens (including phenoxy) is 5. The molecule has 266 valence electrons. The Labute approximate surface area is 308 Å². The maximum atomic E-state index is 13.1. The normalized spacial score (nSPS) is 14.1. The van der Waals surface area contributed by atoms with E-state index in [1.54, 1.807) is 30.5 Å². The fourth-order valence-electron chi connectivity index (χ4n) is 5.98. The average molecular weight is 718 g/mol. The molecule has 2 aliphatic heterocycles. The Morgan fingerprint density at radius 1 is 0.788 bits per heavy atom. The minimum Gasteiger partial charge on any atom is -0.489 e. The van der Waals surface area contributed by atoms with Crippen molar-refractivity contribution in [1.29, 1.82) is 0 Å². The maximum absolute atomic E-state index is 13.1. The van der Waals surface area contributed by atoms with Gasteiger partial charge in [0.2, 0.25) is 18.6 Å². The van der Waals surface area contributed by atoms with Crippen LogP contribution in [0.15, 0.2) is 103 Å². The molecular formula is C42H40ClN3O6. The summed E-state index contributed by atoms with van der Waals surface area (Å²) in [6, 6.07) is 29.6. The molecule has 0 spiro atoms. The Kier molecular flexibility index (Phi) is 10.9. The highest BCUT2D eigenvalue weighted by Crippen LogP contribution is 2.36. The number of carbonyl (C=O) groups excluding carboxylic acids is 1. The first kappa shape index (κ1) is 34.9. The number of nitrogens with zero attached hydrogens (tertiary/aromatic N) is 3. The van der Waals surface area contributed by atoms with Gasteiger partial charge in [0.25, 0.3) is 0 Å². The average Bonchev–Trinajstić information content (AvgIpc) is 3.64. The molecular weight excluding hydrogens is 678 g/mol. The van der Waals surface area contributed by atoms with Crippen molar-refractivity contribution in [3.63, 3.8) is 0 Å². The van der Waals surface area contributed by atoms with Crippen molar-refractivity contribution in [1.82, 2.24) is 14.8 Å². The van der Waals surface area contributed by atoms with Crippen LogP contribution < -0.4 is 23.7 Å². The SMILES string of the molecule is Cc1ccc(COc2ccc(Oc3c(C)cc(C=CC(=O)N4CCN(Cc5ccc(COc6ccc7c(c6)OCO7)cc5)CC4)cc3Cl)nc2)cc1. The number of aryl methyl sites for hydroxylation is 2. The van der Waals surface area contributed by atoms with E-state index in [0.717, 1.165) is 53.4 Å².